The number of H-pyrrole nitrogens is 1. The highest BCUT2D eigenvalue weighted by Crippen LogP contribution is 2.34. The second-order valence-corrected chi connectivity index (χ2v) is 6.23. The molecule has 0 saturated carbocycles. The summed E-state index contributed by atoms with van der Waals surface area (Å²) >= 11 is 0. The molecule has 0 aliphatic carbocycles. The molecule has 0 amide bonds. The number of aromatic nitrogens is 6. The second-order valence-electron chi connectivity index (χ2n) is 6.23. The molecule has 0 spiro atoms. The molecule has 0 atom stereocenters. The van der Waals surface area contributed by atoms with Crippen molar-refractivity contribution in [2.45, 2.75) is 13.0 Å². The highest BCUT2D eigenvalue weighted by Gasteiger charge is 2.19. The lowest BCUT2D eigenvalue weighted by Crippen LogP contribution is -2.03. The number of nitrogens with one attached hydrogen (secondary N) is 1. The summed E-state index contributed by atoms with van der Waals surface area (Å²) in [6.45, 7) is 0.672. The maximum absolute atomic E-state index is 6.14. The molecule has 27 heavy (non-hydrogen) atoms. The van der Waals surface area contributed by atoms with E-state index in [4.69, 9.17) is 4.42 Å². The van der Waals surface area contributed by atoms with Crippen molar-refractivity contribution < 1.29 is 4.42 Å². The van der Waals surface area contributed by atoms with Crippen LogP contribution in [0.3, 0.4) is 0 Å². The summed E-state index contributed by atoms with van der Waals surface area (Å²) in [6.07, 6.45) is 2.49. The van der Waals surface area contributed by atoms with E-state index < -0.39 is 0 Å². The molecule has 0 bridgehead atoms. The number of aromatic amines is 1. The minimum absolute atomic E-state index is 0.647. The minimum atomic E-state index is 0.647. The fourth-order valence-electron chi connectivity index (χ4n) is 3.22. The fraction of sp³-hybridized carbons (Fsp3) is 0.100. The first kappa shape index (κ1) is 15.5. The summed E-state index contributed by atoms with van der Waals surface area (Å²) in [5, 5.41) is 15.2. The number of furan rings is 1. The maximum atomic E-state index is 6.14. The Morgan fingerprint density at radius 3 is 2.67 bits per heavy atom. The molecule has 3 heterocycles. The van der Waals surface area contributed by atoms with Gasteiger partial charge in [-0.25, -0.2) is 4.98 Å². The predicted octanol–water partition coefficient (Wildman–Crippen LogP) is 3.72. The van der Waals surface area contributed by atoms with Crippen LogP contribution in [-0.4, -0.2) is 30.2 Å². The lowest BCUT2D eigenvalue weighted by atomic mass is 10.1. The van der Waals surface area contributed by atoms with Crippen molar-refractivity contribution in [3.8, 4) is 22.7 Å². The number of nitrogens with zero attached hydrogens (tertiary/aromatic N) is 5. The van der Waals surface area contributed by atoms with Crippen LogP contribution in [0.25, 0.3) is 33.7 Å². The topological polar surface area (TPSA) is 85.4 Å². The van der Waals surface area contributed by atoms with Crippen molar-refractivity contribution in [2.75, 3.05) is 0 Å². The van der Waals surface area contributed by atoms with Gasteiger partial charge in [-0.2, -0.15) is 5.21 Å². The molecular formula is C20H16N6O. The molecule has 132 valence electrons. The van der Waals surface area contributed by atoms with E-state index in [0.717, 1.165) is 33.7 Å². The first-order valence-electron chi connectivity index (χ1n) is 8.70. The van der Waals surface area contributed by atoms with E-state index in [9.17, 15) is 0 Å². The van der Waals surface area contributed by atoms with Gasteiger partial charge in [-0.15, -0.1) is 10.2 Å². The van der Waals surface area contributed by atoms with Gasteiger partial charge in [0.25, 0.3) is 0 Å². The summed E-state index contributed by atoms with van der Waals surface area (Å²) in [4.78, 5) is 4.67. The van der Waals surface area contributed by atoms with E-state index in [1.54, 1.807) is 0 Å². The van der Waals surface area contributed by atoms with E-state index in [1.165, 1.54) is 0 Å². The fourth-order valence-corrected chi connectivity index (χ4v) is 3.22. The summed E-state index contributed by atoms with van der Waals surface area (Å²) in [7, 11) is 0. The Hall–Kier alpha value is -3.74. The highest BCUT2D eigenvalue weighted by atomic mass is 16.3. The summed E-state index contributed by atoms with van der Waals surface area (Å²) in [5.74, 6) is 1.46. The van der Waals surface area contributed by atoms with Crippen LogP contribution in [0.4, 0.5) is 0 Å². The Morgan fingerprint density at radius 2 is 1.85 bits per heavy atom. The summed E-state index contributed by atoms with van der Waals surface area (Å²) in [6, 6.07) is 20.2. The Labute approximate surface area is 154 Å². The molecule has 0 saturated heterocycles. The average Bonchev–Trinajstić information content (AvgIpc) is 3.45. The molecule has 0 fully saturated rings. The van der Waals surface area contributed by atoms with Gasteiger partial charge >= 0.3 is 0 Å². The van der Waals surface area contributed by atoms with Gasteiger partial charge in [0.05, 0.1) is 12.0 Å². The molecule has 0 unspecified atom stereocenters. The minimum Gasteiger partial charge on any atom is -0.454 e. The van der Waals surface area contributed by atoms with Gasteiger partial charge in [0.1, 0.15) is 11.3 Å². The lowest BCUT2D eigenvalue weighted by Gasteiger charge is -2.07. The van der Waals surface area contributed by atoms with Gasteiger partial charge in [0.15, 0.2) is 11.6 Å². The number of benzene rings is 2. The number of hydrogen-bond acceptors (Lipinski definition) is 5. The normalized spacial score (nSPS) is 11.3. The van der Waals surface area contributed by atoms with E-state index in [1.807, 2.05) is 48.8 Å². The third kappa shape index (κ3) is 2.89. The third-order valence-electron chi connectivity index (χ3n) is 4.51. The third-order valence-corrected chi connectivity index (χ3v) is 4.51. The molecule has 5 aromatic rings. The van der Waals surface area contributed by atoms with Gasteiger partial charge in [-0.1, -0.05) is 53.7 Å². The van der Waals surface area contributed by atoms with Gasteiger partial charge < -0.3 is 8.98 Å². The van der Waals surface area contributed by atoms with Crippen molar-refractivity contribution in [1.82, 2.24) is 30.2 Å². The first-order valence-corrected chi connectivity index (χ1v) is 8.70. The van der Waals surface area contributed by atoms with Crippen LogP contribution in [0.5, 0.6) is 0 Å². The predicted molar refractivity (Wildman–Crippen MR) is 101 cm³/mol. The molecule has 0 aliphatic heterocycles. The average molecular weight is 356 g/mol. The zero-order valence-electron chi connectivity index (χ0n) is 14.4. The largest absolute Gasteiger partial charge is 0.454 e. The van der Waals surface area contributed by atoms with Gasteiger partial charge in [-0.05, 0) is 12.1 Å². The standard InChI is InChI=1S/C20H16N6O/c1-2-6-14(7-3-1)19-20(17-12-15-8-4-5-9-16(15)27-17)26(13-21-19)11-10-18-22-24-25-23-18/h1-9,12-13H,10-11H2,(H,22,23,24,25). The van der Waals surface area contributed by atoms with Gasteiger partial charge in [0.2, 0.25) is 0 Å². The number of rotatable bonds is 5. The van der Waals surface area contributed by atoms with E-state index >= 15 is 0 Å². The molecule has 5 rings (SSSR count). The van der Waals surface area contributed by atoms with Crippen LogP contribution in [0.2, 0.25) is 0 Å². The number of fused-ring (bicyclic) bond motifs is 1. The second kappa shape index (κ2) is 6.53. The molecule has 2 aromatic carbocycles. The van der Waals surface area contributed by atoms with Crippen molar-refractivity contribution in [3.05, 3.63) is 72.8 Å². The molecular weight excluding hydrogens is 340 g/mol. The van der Waals surface area contributed by atoms with E-state index in [2.05, 4.69) is 48.4 Å². The highest BCUT2D eigenvalue weighted by molar-refractivity contribution is 5.85. The maximum Gasteiger partial charge on any atom is 0.176 e. The molecule has 7 nitrogen and oxygen atoms in total. The van der Waals surface area contributed by atoms with Crippen LogP contribution < -0.4 is 0 Å². The van der Waals surface area contributed by atoms with Crippen molar-refractivity contribution in [1.29, 1.82) is 0 Å². The van der Waals surface area contributed by atoms with Crippen LogP contribution in [-0.2, 0) is 13.0 Å². The number of para-hydroxylation sites is 1. The smallest absolute Gasteiger partial charge is 0.176 e. The summed E-state index contributed by atoms with van der Waals surface area (Å²) in [5.41, 5.74) is 3.74. The Bertz CT molecular complexity index is 1140. The number of imidazole rings is 1. The zero-order valence-corrected chi connectivity index (χ0v) is 14.4. The van der Waals surface area contributed by atoms with Crippen molar-refractivity contribution >= 4 is 11.0 Å². The van der Waals surface area contributed by atoms with Crippen LogP contribution >= 0.6 is 0 Å². The molecule has 0 aliphatic rings. The van der Waals surface area contributed by atoms with E-state index in [0.29, 0.717) is 18.8 Å². The molecule has 7 heteroatoms. The van der Waals surface area contributed by atoms with Crippen LogP contribution in [0.15, 0.2) is 71.4 Å². The van der Waals surface area contributed by atoms with Crippen molar-refractivity contribution in [2.24, 2.45) is 0 Å². The quantitative estimate of drug-likeness (QED) is 0.519. The van der Waals surface area contributed by atoms with Gasteiger partial charge in [-0.3, -0.25) is 0 Å². The van der Waals surface area contributed by atoms with Crippen LogP contribution in [0.1, 0.15) is 5.82 Å². The Balaban J connectivity index is 1.62. The SMILES string of the molecule is c1ccc(-c2ncn(CCc3nn[nH]n3)c2-c2cc3ccccc3o2)cc1. The molecule has 1 N–H and O–H groups in total. The summed E-state index contributed by atoms with van der Waals surface area (Å²) < 4.78 is 8.22. The Kier molecular flexibility index (Phi) is 3.75. The lowest BCUT2D eigenvalue weighted by molar-refractivity contribution is 0.610. The number of tetrazole rings is 1. The van der Waals surface area contributed by atoms with E-state index in [-0.39, 0.29) is 0 Å². The molecule has 3 aromatic heterocycles. The number of aryl methyl sites for hydroxylation is 2. The van der Waals surface area contributed by atoms with Crippen molar-refractivity contribution in [3.63, 3.8) is 0 Å². The Morgan fingerprint density at radius 1 is 1.00 bits per heavy atom. The zero-order chi connectivity index (χ0) is 18.1. The number of hydrogen-bond donors (Lipinski definition) is 1. The monoisotopic (exact) mass is 356 g/mol. The van der Waals surface area contributed by atoms with Gasteiger partial charge in [0, 0.05) is 23.9 Å². The van der Waals surface area contributed by atoms with Crippen LogP contribution in [0, 0.1) is 0 Å². The molecule has 0 radical (unpaired) electrons. The first-order chi connectivity index (χ1) is 13.4.